The minimum atomic E-state index is -0.494. The Morgan fingerprint density at radius 3 is 2.84 bits per heavy atom. The number of hydrogen-bond acceptors (Lipinski definition) is 4. The maximum Gasteiger partial charge on any atom is 0.265 e. The van der Waals surface area contributed by atoms with E-state index in [2.05, 4.69) is 10.5 Å². The molecule has 0 spiro atoms. The summed E-state index contributed by atoms with van der Waals surface area (Å²) in [5, 5.41) is 6.62. The van der Waals surface area contributed by atoms with Gasteiger partial charge in [0.15, 0.2) is 11.9 Å². The van der Waals surface area contributed by atoms with Crippen LogP contribution in [-0.2, 0) is 11.2 Å². The van der Waals surface area contributed by atoms with Gasteiger partial charge in [-0.15, -0.1) is 0 Å². The Hall–Kier alpha value is -2.30. The molecule has 1 aromatic heterocycles. The average Bonchev–Trinajstić information content (AvgIpc) is 2.97. The fraction of sp³-hybridized carbons (Fsp3) is 0.286. The molecule has 1 N–H and O–H groups in total. The molecule has 2 heterocycles. The molecule has 1 unspecified atom stereocenters. The summed E-state index contributed by atoms with van der Waals surface area (Å²) < 4.78 is 10.6. The number of amides is 1. The topological polar surface area (TPSA) is 64.4 Å². The van der Waals surface area contributed by atoms with Gasteiger partial charge in [-0.25, -0.2) is 0 Å². The van der Waals surface area contributed by atoms with Crippen LogP contribution < -0.4 is 10.1 Å². The quantitative estimate of drug-likeness (QED) is 0.897. The first-order valence-electron chi connectivity index (χ1n) is 6.13. The summed E-state index contributed by atoms with van der Waals surface area (Å²) in [4.78, 5) is 12.2. The van der Waals surface area contributed by atoms with Gasteiger partial charge in [-0.3, -0.25) is 4.79 Å². The zero-order valence-electron chi connectivity index (χ0n) is 10.8. The molecule has 2 aromatic rings. The Kier molecular flexibility index (Phi) is 2.74. The summed E-state index contributed by atoms with van der Waals surface area (Å²) in [5.74, 6) is 1.20. The highest BCUT2D eigenvalue weighted by molar-refractivity contribution is 5.95. The predicted octanol–water partition coefficient (Wildman–Crippen LogP) is 2.23. The zero-order valence-corrected chi connectivity index (χ0v) is 10.8. The van der Waals surface area contributed by atoms with E-state index in [1.807, 2.05) is 24.3 Å². The van der Waals surface area contributed by atoms with Gasteiger partial charge in [-0.1, -0.05) is 23.4 Å². The van der Waals surface area contributed by atoms with Crippen molar-refractivity contribution in [3.8, 4) is 5.75 Å². The second kappa shape index (κ2) is 4.42. The number of benzene rings is 1. The Balaban J connectivity index is 1.74. The molecule has 0 saturated carbocycles. The smallest absolute Gasteiger partial charge is 0.265 e. The molecule has 1 amide bonds. The molecule has 1 aliphatic heterocycles. The molecular weight excluding hydrogens is 244 g/mol. The first kappa shape index (κ1) is 11.8. The van der Waals surface area contributed by atoms with Crippen molar-refractivity contribution in [1.29, 1.82) is 0 Å². The Labute approximate surface area is 110 Å². The number of aryl methyl sites for hydroxylation is 2. The lowest BCUT2D eigenvalue weighted by atomic mass is 10.1. The summed E-state index contributed by atoms with van der Waals surface area (Å²) >= 11 is 0. The molecule has 1 aliphatic rings. The third-order valence-electron chi connectivity index (χ3n) is 3.22. The number of hydrogen-bond donors (Lipinski definition) is 1. The van der Waals surface area contributed by atoms with Crippen LogP contribution in [0, 0.1) is 13.8 Å². The summed E-state index contributed by atoms with van der Waals surface area (Å²) in [5.41, 5.74) is 2.35. The van der Waals surface area contributed by atoms with Crippen molar-refractivity contribution < 1.29 is 14.1 Å². The van der Waals surface area contributed by atoms with Gasteiger partial charge in [0.05, 0.1) is 0 Å². The van der Waals surface area contributed by atoms with Crippen molar-refractivity contribution in [2.75, 3.05) is 5.32 Å². The number of ether oxygens (including phenoxy) is 1. The van der Waals surface area contributed by atoms with E-state index in [9.17, 15) is 4.79 Å². The molecule has 0 fully saturated rings. The van der Waals surface area contributed by atoms with Gasteiger partial charge in [0.1, 0.15) is 17.1 Å². The van der Waals surface area contributed by atoms with Gasteiger partial charge in [-0.2, -0.15) is 0 Å². The lowest BCUT2D eigenvalue weighted by Gasteiger charge is -2.10. The van der Waals surface area contributed by atoms with Crippen molar-refractivity contribution in [3.05, 3.63) is 41.3 Å². The van der Waals surface area contributed by atoms with Crippen LogP contribution in [0.4, 0.5) is 5.69 Å². The largest absolute Gasteiger partial charge is 0.480 e. The number of carbonyl (C=O) groups is 1. The number of nitrogens with zero attached hydrogens (tertiary/aromatic N) is 1. The molecule has 1 atom stereocenters. The van der Waals surface area contributed by atoms with E-state index in [4.69, 9.17) is 9.26 Å². The van der Waals surface area contributed by atoms with Crippen molar-refractivity contribution in [2.24, 2.45) is 0 Å². The number of rotatable bonds is 2. The molecule has 0 bridgehead atoms. The monoisotopic (exact) mass is 258 g/mol. The van der Waals surface area contributed by atoms with E-state index in [1.165, 1.54) is 0 Å². The lowest BCUT2D eigenvalue weighted by Crippen LogP contribution is -2.31. The molecule has 0 radical (unpaired) electrons. The SMILES string of the molecule is Cc1noc(C)c1NC(=O)C1Cc2ccccc2O1. The highest BCUT2D eigenvalue weighted by Gasteiger charge is 2.29. The Morgan fingerprint density at radius 1 is 1.37 bits per heavy atom. The first-order valence-corrected chi connectivity index (χ1v) is 6.13. The van der Waals surface area contributed by atoms with E-state index in [0.29, 0.717) is 23.6 Å². The van der Waals surface area contributed by atoms with E-state index >= 15 is 0 Å². The van der Waals surface area contributed by atoms with Crippen LogP contribution in [0.2, 0.25) is 0 Å². The number of para-hydroxylation sites is 1. The fourth-order valence-corrected chi connectivity index (χ4v) is 2.19. The van der Waals surface area contributed by atoms with E-state index in [1.54, 1.807) is 13.8 Å². The molecule has 98 valence electrons. The second-order valence-electron chi connectivity index (χ2n) is 4.61. The van der Waals surface area contributed by atoms with Crippen molar-refractivity contribution >= 4 is 11.6 Å². The molecule has 19 heavy (non-hydrogen) atoms. The van der Waals surface area contributed by atoms with Crippen LogP contribution >= 0.6 is 0 Å². The molecule has 3 rings (SSSR count). The summed E-state index contributed by atoms with van der Waals surface area (Å²) in [6.07, 6.45) is 0.0943. The second-order valence-corrected chi connectivity index (χ2v) is 4.61. The van der Waals surface area contributed by atoms with Gasteiger partial charge >= 0.3 is 0 Å². The van der Waals surface area contributed by atoms with Crippen LogP contribution in [0.3, 0.4) is 0 Å². The Morgan fingerprint density at radius 2 is 2.16 bits per heavy atom. The number of fused-ring (bicyclic) bond motifs is 1. The first-order chi connectivity index (χ1) is 9.15. The summed E-state index contributed by atoms with van der Waals surface area (Å²) in [6, 6.07) is 7.68. The third-order valence-corrected chi connectivity index (χ3v) is 3.22. The molecule has 0 saturated heterocycles. The van der Waals surface area contributed by atoms with Crippen LogP contribution in [0.5, 0.6) is 5.75 Å². The van der Waals surface area contributed by atoms with Crippen LogP contribution in [-0.4, -0.2) is 17.2 Å². The summed E-state index contributed by atoms with van der Waals surface area (Å²) in [6.45, 7) is 3.55. The predicted molar refractivity (Wildman–Crippen MR) is 69.2 cm³/mol. The Bertz CT molecular complexity index is 589. The van der Waals surface area contributed by atoms with Crippen molar-refractivity contribution in [2.45, 2.75) is 26.4 Å². The van der Waals surface area contributed by atoms with E-state index in [0.717, 1.165) is 11.3 Å². The zero-order chi connectivity index (χ0) is 13.4. The number of aromatic nitrogens is 1. The standard InChI is InChI=1S/C14H14N2O3/c1-8-13(9(2)19-16-8)15-14(17)12-7-10-5-3-4-6-11(10)18-12/h3-6,12H,7H2,1-2H3,(H,15,17). The van der Waals surface area contributed by atoms with Crippen LogP contribution in [0.15, 0.2) is 28.8 Å². The molecule has 5 nitrogen and oxygen atoms in total. The minimum absolute atomic E-state index is 0.175. The maximum atomic E-state index is 12.2. The summed E-state index contributed by atoms with van der Waals surface area (Å²) in [7, 11) is 0. The third kappa shape index (κ3) is 2.07. The van der Waals surface area contributed by atoms with Crippen molar-refractivity contribution in [3.63, 3.8) is 0 Å². The minimum Gasteiger partial charge on any atom is -0.480 e. The highest BCUT2D eigenvalue weighted by atomic mass is 16.5. The number of carbonyl (C=O) groups excluding carboxylic acids is 1. The average molecular weight is 258 g/mol. The number of anilines is 1. The number of nitrogens with one attached hydrogen (secondary N) is 1. The van der Waals surface area contributed by atoms with Gasteiger partial charge < -0.3 is 14.6 Å². The van der Waals surface area contributed by atoms with Crippen LogP contribution in [0.1, 0.15) is 17.0 Å². The fourth-order valence-electron chi connectivity index (χ4n) is 2.19. The normalized spacial score (nSPS) is 16.8. The van der Waals surface area contributed by atoms with E-state index in [-0.39, 0.29) is 5.91 Å². The molecular formula is C14H14N2O3. The molecule has 0 aliphatic carbocycles. The van der Waals surface area contributed by atoms with Crippen LogP contribution in [0.25, 0.3) is 0 Å². The highest BCUT2D eigenvalue weighted by Crippen LogP contribution is 2.29. The van der Waals surface area contributed by atoms with Gasteiger partial charge in [-0.05, 0) is 25.5 Å². The molecule has 5 heteroatoms. The van der Waals surface area contributed by atoms with Gasteiger partial charge in [0.2, 0.25) is 0 Å². The molecule has 1 aromatic carbocycles. The lowest BCUT2D eigenvalue weighted by molar-refractivity contribution is -0.122. The maximum absolute atomic E-state index is 12.2. The van der Waals surface area contributed by atoms with Gasteiger partial charge in [0, 0.05) is 6.42 Å². The van der Waals surface area contributed by atoms with Crippen molar-refractivity contribution in [1.82, 2.24) is 5.16 Å². The van der Waals surface area contributed by atoms with Gasteiger partial charge in [0.25, 0.3) is 5.91 Å². The van der Waals surface area contributed by atoms with E-state index < -0.39 is 6.10 Å².